The summed E-state index contributed by atoms with van der Waals surface area (Å²) in [5, 5.41) is 10.7. The van der Waals surface area contributed by atoms with Crippen molar-refractivity contribution in [2.24, 2.45) is 5.41 Å². The van der Waals surface area contributed by atoms with Gasteiger partial charge in [-0.25, -0.2) is 8.78 Å². The van der Waals surface area contributed by atoms with Gasteiger partial charge in [-0.15, -0.1) is 0 Å². The maximum Gasteiger partial charge on any atom is 0.132 e. The van der Waals surface area contributed by atoms with E-state index in [9.17, 15) is 13.9 Å². The number of aliphatic hydroxyl groups is 1. The van der Waals surface area contributed by atoms with Crippen LogP contribution in [0.4, 0.5) is 8.78 Å². The maximum atomic E-state index is 14.0. The van der Waals surface area contributed by atoms with Crippen molar-refractivity contribution in [2.75, 3.05) is 6.61 Å². The number of benzene rings is 1. The summed E-state index contributed by atoms with van der Waals surface area (Å²) in [6.07, 6.45) is 2.09. The van der Waals surface area contributed by atoms with Gasteiger partial charge >= 0.3 is 0 Å². The Morgan fingerprint density at radius 3 is 2.33 bits per heavy atom. The molecule has 1 aromatic carbocycles. The van der Waals surface area contributed by atoms with E-state index in [1.165, 1.54) is 12.1 Å². The molecule has 0 bridgehead atoms. The minimum atomic E-state index is -1.07. The molecule has 1 aromatic rings. The lowest BCUT2D eigenvalue weighted by atomic mass is 9.68. The van der Waals surface area contributed by atoms with Crippen molar-refractivity contribution < 1.29 is 18.6 Å². The molecule has 1 N–H and O–H groups in total. The van der Waals surface area contributed by atoms with Gasteiger partial charge in [-0.05, 0) is 44.1 Å². The van der Waals surface area contributed by atoms with Crippen LogP contribution in [0.3, 0.4) is 0 Å². The Balaban J connectivity index is 2.29. The molecule has 21 heavy (non-hydrogen) atoms. The predicted octanol–water partition coefficient (Wildman–Crippen LogP) is 4.37. The Bertz CT molecular complexity index is 490. The highest BCUT2D eigenvalue weighted by Gasteiger charge is 2.45. The van der Waals surface area contributed by atoms with E-state index in [-0.39, 0.29) is 11.0 Å². The van der Waals surface area contributed by atoms with Crippen LogP contribution in [0, 0.1) is 17.0 Å². The lowest BCUT2D eigenvalue weighted by Crippen LogP contribution is -2.45. The summed E-state index contributed by atoms with van der Waals surface area (Å²) in [5.41, 5.74) is -0.450. The van der Waals surface area contributed by atoms with E-state index in [4.69, 9.17) is 4.74 Å². The maximum absolute atomic E-state index is 14.0. The topological polar surface area (TPSA) is 29.5 Å². The van der Waals surface area contributed by atoms with Crippen LogP contribution in [-0.4, -0.2) is 17.3 Å². The Kier molecular flexibility index (Phi) is 4.69. The van der Waals surface area contributed by atoms with Gasteiger partial charge in [0.25, 0.3) is 0 Å². The normalized spacial score (nSPS) is 22.0. The molecule has 0 spiro atoms. The minimum absolute atomic E-state index is 0.115. The van der Waals surface area contributed by atoms with Crippen LogP contribution >= 0.6 is 0 Å². The summed E-state index contributed by atoms with van der Waals surface area (Å²) < 4.78 is 32.9. The van der Waals surface area contributed by atoms with E-state index >= 15 is 0 Å². The van der Waals surface area contributed by atoms with Gasteiger partial charge in [0.2, 0.25) is 0 Å². The van der Waals surface area contributed by atoms with Gasteiger partial charge in [-0.3, -0.25) is 0 Å². The average molecular weight is 298 g/mol. The van der Waals surface area contributed by atoms with Crippen molar-refractivity contribution in [3.8, 4) is 0 Å². The number of hydrogen-bond acceptors (Lipinski definition) is 2. The molecule has 0 amide bonds. The molecule has 0 heterocycles. The van der Waals surface area contributed by atoms with Gasteiger partial charge in [-0.2, -0.15) is 0 Å². The van der Waals surface area contributed by atoms with Gasteiger partial charge < -0.3 is 9.84 Å². The second-order valence-electron chi connectivity index (χ2n) is 6.73. The molecular formula is C17H24F2O2. The van der Waals surface area contributed by atoms with Gasteiger partial charge in [0.05, 0.1) is 5.60 Å². The second-order valence-corrected chi connectivity index (χ2v) is 6.73. The lowest BCUT2D eigenvalue weighted by molar-refractivity contribution is -0.154. The molecule has 1 aliphatic rings. The first-order valence-corrected chi connectivity index (χ1v) is 7.57. The summed E-state index contributed by atoms with van der Waals surface area (Å²) in [6.45, 7) is 6.71. The molecule has 0 aliphatic heterocycles. The Labute approximate surface area is 125 Å². The zero-order valence-electron chi connectivity index (χ0n) is 13.0. The Hall–Kier alpha value is -1.00. The van der Waals surface area contributed by atoms with Crippen LogP contribution in [0.25, 0.3) is 0 Å². The molecule has 2 rings (SSSR count). The molecular weight excluding hydrogens is 274 g/mol. The van der Waals surface area contributed by atoms with Gasteiger partial charge in [0.1, 0.15) is 17.7 Å². The minimum Gasteiger partial charge on any atom is -0.385 e. The van der Waals surface area contributed by atoms with E-state index in [0.29, 0.717) is 19.4 Å². The van der Waals surface area contributed by atoms with E-state index in [1.807, 2.05) is 6.92 Å². The molecule has 1 atom stereocenters. The molecule has 0 radical (unpaired) electrons. The Morgan fingerprint density at radius 1 is 1.19 bits per heavy atom. The van der Waals surface area contributed by atoms with Crippen molar-refractivity contribution in [1.82, 2.24) is 0 Å². The smallest absolute Gasteiger partial charge is 0.132 e. The molecule has 1 unspecified atom stereocenters. The standard InChI is InChI=1S/C17H24F2O2/c1-4-21-17(9-7-16(2,3)8-10-17)15(20)13-6-5-12(18)11-14(13)19/h5-6,11,15,20H,4,7-10H2,1-3H3. The predicted molar refractivity (Wildman–Crippen MR) is 77.9 cm³/mol. The number of ether oxygens (including phenoxy) is 1. The molecule has 1 saturated carbocycles. The number of aliphatic hydroxyl groups excluding tert-OH is 1. The van der Waals surface area contributed by atoms with Crippen molar-refractivity contribution in [2.45, 2.75) is 58.2 Å². The van der Waals surface area contributed by atoms with E-state index < -0.39 is 23.3 Å². The zero-order valence-corrected chi connectivity index (χ0v) is 13.0. The van der Waals surface area contributed by atoms with Crippen molar-refractivity contribution >= 4 is 0 Å². The van der Waals surface area contributed by atoms with E-state index in [0.717, 1.165) is 18.9 Å². The fraction of sp³-hybridized carbons (Fsp3) is 0.647. The first-order valence-electron chi connectivity index (χ1n) is 7.57. The van der Waals surface area contributed by atoms with Gasteiger partial charge in [-0.1, -0.05) is 19.9 Å². The first-order chi connectivity index (χ1) is 9.80. The SMILES string of the molecule is CCOC1(C(O)c2ccc(F)cc2F)CCC(C)(C)CC1. The fourth-order valence-corrected chi connectivity index (χ4v) is 3.14. The Morgan fingerprint density at radius 2 is 1.81 bits per heavy atom. The zero-order chi connectivity index (χ0) is 15.7. The number of rotatable bonds is 4. The van der Waals surface area contributed by atoms with Crippen LogP contribution in [0.15, 0.2) is 18.2 Å². The average Bonchev–Trinajstić information content (AvgIpc) is 2.41. The molecule has 118 valence electrons. The van der Waals surface area contributed by atoms with Crippen LogP contribution in [0.2, 0.25) is 0 Å². The highest BCUT2D eigenvalue weighted by molar-refractivity contribution is 5.24. The number of halogens is 2. The summed E-state index contributed by atoms with van der Waals surface area (Å²) >= 11 is 0. The molecule has 1 aliphatic carbocycles. The first kappa shape index (κ1) is 16.4. The third-order valence-corrected chi connectivity index (χ3v) is 4.64. The van der Waals surface area contributed by atoms with Crippen LogP contribution in [0.5, 0.6) is 0 Å². The largest absolute Gasteiger partial charge is 0.385 e. The van der Waals surface area contributed by atoms with Crippen LogP contribution < -0.4 is 0 Å². The number of hydrogen-bond donors (Lipinski definition) is 1. The van der Waals surface area contributed by atoms with Crippen molar-refractivity contribution in [1.29, 1.82) is 0 Å². The van der Waals surface area contributed by atoms with E-state index in [1.54, 1.807) is 0 Å². The summed E-state index contributed by atoms with van der Waals surface area (Å²) in [4.78, 5) is 0. The monoisotopic (exact) mass is 298 g/mol. The van der Waals surface area contributed by atoms with Crippen molar-refractivity contribution in [3.63, 3.8) is 0 Å². The lowest BCUT2D eigenvalue weighted by Gasteiger charge is -2.46. The van der Waals surface area contributed by atoms with Crippen LogP contribution in [-0.2, 0) is 4.74 Å². The summed E-state index contributed by atoms with van der Waals surface area (Å²) in [6, 6.07) is 3.30. The van der Waals surface area contributed by atoms with Crippen LogP contribution in [0.1, 0.15) is 58.1 Å². The molecule has 2 nitrogen and oxygen atoms in total. The van der Waals surface area contributed by atoms with Gasteiger partial charge in [0, 0.05) is 18.2 Å². The third-order valence-electron chi connectivity index (χ3n) is 4.64. The highest BCUT2D eigenvalue weighted by Crippen LogP contribution is 2.48. The fourth-order valence-electron chi connectivity index (χ4n) is 3.14. The van der Waals surface area contributed by atoms with E-state index in [2.05, 4.69) is 13.8 Å². The summed E-state index contributed by atoms with van der Waals surface area (Å²) in [5.74, 6) is -1.36. The highest BCUT2D eigenvalue weighted by atomic mass is 19.1. The van der Waals surface area contributed by atoms with Crippen molar-refractivity contribution in [3.05, 3.63) is 35.4 Å². The molecule has 0 saturated heterocycles. The molecule has 4 heteroatoms. The quantitative estimate of drug-likeness (QED) is 0.894. The van der Waals surface area contributed by atoms with Gasteiger partial charge in [0.15, 0.2) is 0 Å². The molecule has 1 fully saturated rings. The summed E-state index contributed by atoms with van der Waals surface area (Å²) in [7, 11) is 0. The molecule has 0 aromatic heterocycles. The second kappa shape index (κ2) is 6.01. The third kappa shape index (κ3) is 3.43.